The maximum atomic E-state index is 13.5. The zero-order valence-corrected chi connectivity index (χ0v) is 11.6. The van der Waals surface area contributed by atoms with Crippen molar-refractivity contribution in [3.8, 4) is 0 Å². The summed E-state index contributed by atoms with van der Waals surface area (Å²) in [5.41, 5.74) is 0.271. The molecule has 1 aromatic carbocycles. The van der Waals surface area contributed by atoms with Crippen LogP contribution in [0.1, 0.15) is 11.3 Å². The van der Waals surface area contributed by atoms with E-state index in [1.54, 1.807) is 6.07 Å². The molecule has 0 saturated carbocycles. The number of aliphatic hydroxyl groups excluding tert-OH is 1. The highest BCUT2D eigenvalue weighted by atomic mass is 32.2. The molecule has 20 heavy (non-hydrogen) atoms. The van der Waals surface area contributed by atoms with Crippen LogP contribution in [0.25, 0.3) is 0 Å². The summed E-state index contributed by atoms with van der Waals surface area (Å²) in [4.78, 5) is 0. The van der Waals surface area contributed by atoms with Crippen LogP contribution in [0.4, 0.5) is 4.39 Å². The minimum atomic E-state index is -3.85. The number of hydrogen-bond acceptors (Lipinski definition) is 4. The van der Waals surface area contributed by atoms with Gasteiger partial charge in [0.2, 0.25) is 5.09 Å². The zero-order valence-electron chi connectivity index (χ0n) is 10.8. The van der Waals surface area contributed by atoms with E-state index in [1.807, 2.05) is 0 Å². The van der Waals surface area contributed by atoms with E-state index in [1.165, 1.54) is 37.4 Å². The number of sulfonamides is 1. The Morgan fingerprint density at radius 2 is 1.95 bits per heavy atom. The van der Waals surface area contributed by atoms with E-state index >= 15 is 0 Å². The fourth-order valence-electron chi connectivity index (χ4n) is 1.69. The lowest BCUT2D eigenvalue weighted by Crippen LogP contribution is -2.26. The summed E-state index contributed by atoms with van der Waals surface area (Å²) >= 11 is 0. The van der Waals surface area contributed by atoms with Crippen LogP contribution in [-0.4, -0.2) is 24.9 Å². The molecule has 7 heteroatoms. The molecule has 0 aliphatic rings. The predicted octanol–water partition coefficient (Wildman–Crippen LogP) is 1.73. The highest BCUT2D eigenvalue weighted by molar-refractivity contribution is 7.88. The minimum absolute atomic E-state index is 0.107. The Bertz CT molecular complexity index is 696. The van der Waals surface area contributed by atoms with E-state index < -0.39 is 15.8 Å². The zero-order chi connectivity index (χ0) is 14.8. The highest BCUT2D eigenvalue weighted by Crippen LogP contribution is 2.20. The van der Waals surface area contributed by atoms with Crippen molar-refractivity contribution < 1.29 is 22.3 Å². The summed E-state index contributed by atoms with van der Waals surface area (Å²) in [7, 11) is -2.52. The van der Waals surface area contributed by atoms with Crippen LogP contribution in [0.5, 0.6) is 0 Å². The van der Waals surface area contributed by atoms with E-state index in [0.717, 1.165) is 4.31 Å². The number of halogens is 1. The fraction of sp³-hybridized carbons (Fsp3) is 0.231. The number of hydrogen-bond donors (Lipinski definition) is 1. The number of furan rings is 1. The molecular formula is C13H14FNO4S. The van der Waals surface area contributed by atoms with E-state index in [-0.39, 0.29) is 29.6 Å². The molecular weight excluding hydrogens is 285 g/mol. The molecule has 0 aliphatic carbocycles. The average molecular weight is 299 g/mol. The first-order valence-corrected chi connectivity index (χ1v) is 7.28. The second-order valence-corrected chi connectivity index (χ2v) is 6.21. The van der Waals surface area contributed by atoms with Crippen LogP contribution in [0.3, 0.4) is 0 Å². The molecule has 0 saturated heterocycles. The van der Waals surface area contributed by atoms with Crippen LogP contribution < -0.4 is 0 Å². The molecule has 1 N–H and O–H groups in total. The first kappa shape index (κ1) is 14.7. The van der Waals surface area contributed by atoms with E-state index in [0.29, 0.717) is 0 Å². The molecule has 0 atom stereocenters. The van der Waals surface area contributed by atoms with Crippen molar-refractivity contribution in [2.45, 2.75) is 18.2 Å². The molecule has 1 heterocycles. The van der Waals surface area contributed by atoms with Crippen molar-refractivity contribution in [1.29, 1.82) is 0 Å². The Morgan fingerprint density at radius 3 is 2.55 bits per heavy atom. The van der Waals surface area contributed by atoms with Gasteiger partial charge in [-0.15, -0.1) is 0 Å². The van der Waals surface area contributed by atoms with Gasteiger partial charge in [0.15, 0.2) is 0 Å². The monoisotopic (exact) mass is 299 g/mol. The number of aliphatic hydroxyl groups is 1. The SMILES string of the molecule is CN(Cc1ccccc1F)S(=O)(=O)c1ccc(CO)o1. The van der Waals surface area contributed by atoms with Gasteiger partial charge in [-0.3, -0.25) is 0 Å². The minimum Gasteiger partial charge on any atom is -0.446 e. The van der Waals surface area contributed by atoms with Gasteiger partial charge < -0.3 is 9.52 Å². The van der Waals surface area contributed by atoms with Gasteiger partial charge in [0.1, 0.15) is 18.2 Å². The van der Waals surface area contributed by atoms with Crippen molar-refractivity contribution in [1.82, 2.24) is 4.31 Å². The number of benzene rings is 1. The lowest BCUT2D eigenvalue weighted by molar-refractivity contribution is 0.235. The van der Waals surface area contributed by atoms with Gasteiger partial charge in [-0.05, 0) is 18.2 Å². The molecule has 0 amide bonds. The summed E-state index contributed by atoms with van der Waals surface area (Å²) in [5, 5.41) is 8.60. The highest BCUT2D eigenvalue weighted by Gasteiger charge is 2.25. The van der Waals surface area contributed by atoms with Gasteiger partial charge in [-0.1, -0.05) is 18.2 Å². The Morgan fingerprint density at radius 1 is 1.25 bits per heavy atom. The Labute approximate surface area is 116 Å². The van der Waals surface area contributed by atoms with E-state index in [4.69, 9.17) is 9.52 Å². The lowest BCUT2D eigenvalue weighted by Gasteiger charge is -2.15. The molecule has 0 aliphatic heterocycles. The van der Waals surface area contributed by atoms with Crippen LogP contribution in [0.2, 0.25) is 0 Å². The normalized spacial score (nSPS) is 12.0. The van der Waals surface area contributed by atoms with Gasteiger partial charge in [-0.2, -0.15) is 4.31 Å². The van der Waals surface area contributed by atoms with Gasteiger partial charge >= 0.3 is 0 Å². The predicted molar refractivity (Wildman–Crippen MR) is 69.7 cm³/mol. The topological polar surface area (TPSA) is 70.8 Å². The van der Waals surface area contributed by atoms with E-state index in [9.17, 15) is 12.8 Å². The van der Waals surface area contributed by atoms with Crippen molar-refractivity contribution >= 4 is 10.0 Å². The largest absolute Gasteiger partial charge is 0.446 e. The van der Waals surface area contributed by atoms with Gasteiger partial charge in [-0.25, -0.2) is 12.8 Å². The average Bonchev–Trinajstić information content (AvgIpc) is 2.90. The van der Waals surface area contributed by atoms with Gasteiger partial charge in [0, 0.05) is 19.2 Å². The molecule has 2 aromatic rings. The second-order valence-electron chi connectivity index (χ2n) is 4.23. The molecule has 0 spiro atoms. The molecule has 0 fully saturated rings. The van der Waals surface area contributed by atoms with Gasteiger partial charge in [0.25, 0.3) is 10.0 Å². The fourth-order valence-corrected chi connectivity index (χ4v) is 2.76. The van der Waals surface area contributed by atoms with Crippen molar-refractivity contribution in [3.63, 3.8) is 0 Å². The van der Waals surface area contributed by atoms with Crippen LogP contribution >= 0.6 is 0 Å². The third-order valence-electron chi connectivity index (χ3n) is 2.81. The Kier molecular flexibility index (Phi) is 4.22. The van der Waals surface area contributed by atoms with Crippen molar-refractivity contribution in [2.24, 2.45) is 0 Å². The number of nitrogens with zero attached hydrogens (tertiary/aromatic N) is 1. The third-order valence-corrected chi connectivity index (χ3v) is 4.49. The molecule has 108 valence electrons. The molecule has 5 nitrogen and oxygen atoms in total. The second kappa shape index (κ2) is 5.74. The standard InChI is InChI=1S/C13H14FNO4S/c1-15(8-10-4-2-3-5-12(10)14)20(17,18)13-7-6-11(9-16)19-13/h2-7,16H,8-9H2,1H3. The summed E-state index contributed by atoms with van der Waals surface area (Å²) in [6.07, 6.45) is 0. The summed E-state index contributed by atoms with van der Waals surface area (Å²) in [5.74, 6) is -0.312. The maximum absolute atomic E-state index is 13.5. The van der Waals surface area contributed by atoms with Crippen LogP contribution in [0.15, 0.2) is 45.9 Å². The lowest BCUT2D eigenvalue weighted by atomic mass is 10.2. The third kappa shape index (κ3) is 2.90. The summed E-state index contributed by atoms with van der Waals surface area (Å²) in [6, 6.07) is 8.60. The van der Waals surface area contributed by atoms with E-state index in [2.05, 4.69) is 0 Å². The smallest absolute Gasteiger partial charge is 0.276 e. The Hall–Kier alpha value is -1.70. The molecule has 0 unspecified atom stereocenters. The maximum Gasteiger partial charge on any atom is 0.276 e. The first-order valence-electron chi connectivity index (χ1n) is 5.84. The van der Waals surface area contributed by atoms with Crippen LogP contribution in [0, 0.1) is 5.82 Å². The van der Waals surface area contributed by atoms with Crippen molar-refractivity contribution in [3.05, 3.63) is 53.5 Å². The molecule has 0 radical (unpaired) electrons. The quantitative estimate of drug-likeness (QED) is 0.913. The summed E-state index contributed by atoms with van der Waals surface area (Å²) in [6.45, 7) is -0.489. The van der Waals surface area contributed by atoms with Crippen molar-refractivity contribution in [2.75, 3.05) is 7.05 Å². The van der Waals surface area contributed by atoms with Gasteiger partial charge in [0.05, 0.1) is 0 Å². The molecule has 2 rings (SSSR count). The van der Waals surface area contributed by atoms with Crippen LogP contribution in [-0.2, 0) is 23.2 Å². The summed E-state index contributed by atoms with van der Waals surface area (Å²) < 4.78 is 43.9. The number of rotatable bonds is 5. The Balaban J connectivity index is 2.23. The molecule has 0 bridgehead atoms. The first-order chi connectivity index (χ1) is 9.45. The molecule has 1 aromatic heterocycles.